The molecule has 2 nitrogen and oxygen atoms in total. The van der Waals surface area contributed by atoms with Crippen molar-refractivity contribution in [2.24, 2.45) is 11.8 Å². The van der Waals surface area contributed by atoms with Gasteiger partial charge in [-0.15, -0.1) is 0 Å². The lowest BCUT2D eigenvalue weighted by molar-refractivity contribution is -0.111. The molecule has 0 bridgehead atoms. The van der Waals surface area contributed by atoms with Gasteiger partial charge in [0, 0.05) is 5.92 Å². The molecular weight excluding hydrogens is 272 g/mol. The predicted molar refractivity (Wildman–Crippen MR) is 92.2 cm³/mol. The Bertz CT molecular complexity index is 404. The number of hydrogen-bond donors (Lipinski definition) is 0. The summed E-state index contributed by atoms with van der Waals surface area (Å²) in [5, 5.41) is 0. The first-order valence-corrected chi connectivity index (χ1v) is 9.06. The fourth-order valence-electron chi connectivity index (χ4n) is 3.13. The topological polar surface area (TPSA) is 18.5 Å². The monoisotopic (exact) mass is 304 g/mol. The molecule has 1 atom stereocenters. The maximum Gasteiger partial charge on any atom is 0.202 e. The summed E-state index contributed by atoms with van der Waals surface area (Å²) in [7, 11) is 0. The van der Waals surface area contributed by atoms with Crippen molar-refractivity contribution >= 4 is 0 Å². The zero-order chi connectivity index (χ0) is 15.8. The molecular formula is C20H32O2. The Morgan fingerprint density at radius 2 is 1.73 bits per heavy atom. The van der Waals surface area contributed by atoms with Gasteiger partial charge in [-0.05, 0) is 36.5 Å². The second-order valence-electron chi connectivity index (χ2n) is 6.89. The van der Waals surface area contributed by atoms with Crippen LogP contribution in [0, 0.1) is 11.8 Å². The van der Waals surface area contributed by atoms with Gasteiger partial charge in [-0.1, -0.05) is 65.0 Å². The molecule has 0 heterocycles. The van der Waals surface area contributed by atoms with E-state index in [4.69, 9.17) is 9.47 Å². The minimum Gasteiger partial charge on any atom is -0.465 e. The molecule has 1 unspecified atom stereocenters. The van der Waals surface area contributed by atoms with E-state index in [2.05, 4.69) is 45.0 Å². The number of ether oxygens (including phenoxy) is 2. The van der Waals surface area contributed by atoms with Crippen molar-refractivity contribution in [3.63, 3.8) is 0 Å². The maximum atomic E-state index is 6.04. The first kappa shape index (κ1) is 17.3. The van der Waals surface area contributed by atoms with E-state index < -0.39 is 0 Å². The maximum absolute atomic E-state index is 6.04. The Hall–Kier alpha value is -1.02. The molecule has 1 aliphatic carbocycles. The summed E-state index contributed by atoms with van der Waals surface area (Å²) in [5.41, 5.74) is 1.34. The zero-order valence-corrected chi connectivity index (χ0v) is 14.5. The second kappa shape index (κ2) is 9.19. The molecule has 0 radical (unpaired) electrons. The molecule has 0 aromatic heterocycles. The highest BCUT2D eigenvalue weighted by atomic mass is 16.7. The molecule has 22 heavy (non-hydrogen) atoms. The van der Waals surface area contributed by atoms with E-state index >= 15 is 0 Å². The van der Waals surface area contributed by atoms with E-state index in [-0.39, 0.29) is 6.29 Å². The third kappa shape index (κ3) is 5.64. The molecule has 124 valence electrons. The van der Waals surface area contributed by atoms with Crippen molar-refractivity contribution in [1.29, 1.82) is 0 Å². The number of aryl methyl sites for hydroxylation is 1. The van der Waals surface area contributed by atoms with Gasteiger partial charge in [0.2, 0.25) is 6.29 Å². The number of benzene rings is 1. The lowest BCUT2D eigenvalue weighted by Crippen LogP contribution is -2.27. The summed E-state index contributed by atoms with van der Waals surface area (Å²) in [6.07, 6.45) is 9.09. The van der Waals surface area contributed by atoms with Crippen LogP contribution in [0.25, 0.3) is 0 Å². The van der Waals surface area contributed by atoms with Gasteiger partial charge in [-0.25, -0.2) is 0 Å². The van der Waals surface area contributed by atoms with E-state index in [1.54, 1.807) is 0 Å². The van der Waals surface area contributed by atoms with Crippen LogP contribution in [0.15, 0.2) is 24.3 Å². The number of hydrogen-bond acceptors (Lipinski definition) is 2. The highest BCUT2D eigenvalue weighted by Gasteiger charge is 2.18. The molecule has 1 fully saturated rings. The molecule has 1 aromatic rings. The second-order valence-corrected chi connectivity index (χ2v) is 6.89. The molecule has 0 aliphatic heterocycles. The first-order valence-electron chi connectivity index (χ1n) is 9.06. The van der Waals surface area contributed by atoms with Gasteiger partial charge in [-0.3, -0.25) is 0 Å². The fourth-order valence-corrected chi connectivity index (χ4v) is 3.13. The summed E-state index contributed by atoms with van der Waals surface area (Å²) in [4.78, 5) is 0. The minimum absolute atomic E-state index is 0.143. The van der Waals surface area contributed by atoms with E-state index in [0.717, 1.165) is 24.7 Å². The Labute approximate surface area is 136 Å². The summed E-state index contributed by atoms with van der Waals surface area (Å²) in [5.74, 6) is 2.14. The van der Waals surface area contributed by atoms with Crippen LogP contribution in [-0.2, 0) is 11.2 Å². The Morgan fingerprint density at radius 3 is 2.32 bits per heavy atom. The van der Waals surface area contributed by atoms with E-state index in [1.165, 1.54) is 44.1 Å². The standard InChI is InChI=1S/C20H32O2/c1-4-17-10-12-19(13-11-17)22-20(16(2)3)21-15-14-18-8-6-5-7-9-18/h10-13,16,18,20H,4-9,14-15H2,1-3H3. The van der Waals surface area contributed by atoms with Crippen LogP contribution in [0.5, 0.6) is 5.75 Å². The van der Waals surface area contributed by atoms with Crippen LogP contribution in [0.3, 0.4) is 0 Å². The van der Waals surface area contributed by atoms with Crippen molar-refractivity contribution in [3.8, 4) is 5.75 Å². The third-order valence-corrected chi connectivity index (χ3v) is 4.66. The van der Waals surface area contributed by atoms with Crippen LogP contribution < -0.4 is 4.74 Å². The summed E-state index contributed by atoms with van der Waals surface area (Å²) < 4.78 is 12.1. The Kier molecular flexibility index (Phi) is 7.24. The van der Waals surface area contributed by atoms with Crippen LogP contribution in [0.2, 0.25) is 0 Å². The first-order chi connectivity index (χ1) is 10.7. The van der Waals surface area contributed by atoms with Crippen LogP contribution in [-0.4, -0.2) is 12.9 Å². The molecule has 1 aliphatic rings. The van der Waals surface area contributed by atoms with E-state index in [9.17, 15) is 0 Å². The quantitative estimate of drug-likeness (QED) is 0.582. The third-order valence-electron chi connectivity index (χ3n) is 4.66. The molecule has 0 spiro atoms. The lowest BCUT2D eigenvalue weighted by Gasteiger charge is -2.25. The van der Waals surface area contributed by atoms with Gasteiger partial charge in [0.25, 0.3) is 0 Å². The zero-order valence-electron chi connectivity index (χ0n) is 14.5. The van der Waals surface area contributed by atoms with Gasteiger partial charge in [0.05, 0.1) is 6.61 Å². The van der Waals surface area contributed by atoms with Crippen molar-refractivity contribution in [3.05, 3.63) is 29.8 Å². The fraction of sp³-hybridized carbons (Fsp3) is 0.700. The van der Waals surface area contributed by atoms with Gasteiger partial charge < -0.3 is 9.47 Å². The average Bonchev–Trinajstić information content (AvgIpc) is 2.55. The van der Waals surface area contributed by atoms with E-state index in [0.29, 0.717) is 5.92 Å². The van der Waals surface area contributed by atoms with Crippen molar-refractivity contribution in [2.45, 2.75) is 72.0 Å². The molecule has 1 saturated carbocycles. The van der Waals surface area contributed by atoms with Crippen LogP contribution in [0.1, 0.15) is 64.9 Å². The molecule has 1 aromatic carbocycles. The molecule has 2 rings (SSSR count). The normalized spacial score (nSPS) is 17.6. The van der Waals surface area contributed by atoms with Crippen molar-refractivity contribution < 1.29 is 9.47 Å². The van der Waals surface area contributed by atoms with Gasteiger partial charge in [0.1, 0.15) is 5.75 Å². The Balaban J connectivity index is 1.78. The van der Waals surface area contributed by atoms with Crippen molar-refractivity contribution in [2.75, 3.05) is 6.61 Å². The summed E-state index contributed by atoms with van der Waals surface area (Å²) in [6.45, 7) is 7.30. The Morgan fingerprint density at radius 1 is 1.05 bits per heavy atom. The van der Waals surface area contributed by atoms with Crippen LogP contribution in [0.4, 0.5) is 0 Å². The molecule has 0 N–H and O–H groups in total. The minimum atomic E-state index is -0.143. The number of rotatable bonds is 8. The average molecular weight is 304 g/mol. The smallest absolute Gasteiger partial charge is 0.202 e. The molecule has 0 saturated heterocycles. The lowest BCUT2D eigenvalue weighted by atomic mass is 9.87. The van der Waals surface area contributed by atoms with E-state index in [1.807, 2.05) is 0 Å². The molecule has 0 amide bonds. The van der Waals surface area contributed by atoms with Gasteiger partial charge in [-0.2, -0.15) is 0 Å². The van der Waals surface area contributed by atoms with Gasteiger partial charge in [0.15, 0.2) is 0 Å². The highest BCUT2D eigenvalue weighted by Crippen LogP contribution is 2.26. The highest BCUT2D eigenvalue weighted by molar-refractivity contribution is 5.27. The predicted octanol–water partition coefficient (Wildman–Crippen LogP) is 5.60. The largest absolute Gasteiger partial charge is 0.465 e. The molecule has 2 heteroatoms. The van der Waals surface area contributed by atoms with Gasteiger partial charge >= 0.3 is 0 Å². The van der Waals surface area contributed by atoms with Crippen molar-refractivity contribution in [1.82, 2.24) is 0 Å². The SMILES string of the molecule is CCc1ccc(OC(OCCC2CCCCC2)C(C)C)cc1. The van der Waals surface area contributed by atoms with Crippen LogP contribution >= 0.6 is 0 Å². The summed E-state index contributed by atoms with van der Waals surface area (Å²) in [6, 6.07) is 8.38. The summed E-state index contributed by atoms with van der Waals surface area (Å²) >= 11 is 0.